The van der Waals surface area contributed by atoms with Crippen LogP contribution in [0.2, 0.25) is 0 Å². The lowest BCUT2D eigenvalue weighted by molar-refractivity contribution is -0.179. The van der Waals surface area contributed by atoms with Gasteiger partial charge in [0.2, 0.25) is 5.95 Å². The summed E-state index contributed by atoms with van der Waals surface area (Å²) in [4.78, 5) is 18.0. The highest BCUT2D eigenvalue weighted by atomic mass is 19.4. The van der Waals surface area contributed by atoms with Crippen LogP contribution in [-0.4, -0.2) is 39.2 Å². The number of pyridine rings is 2. The Morgan fingerprint density at radius 1 is 0.938 bits per heavy atom. The maximum Gasteiger partial charge on any atom is 0.433 e. The Bertz CT molecular complexity index is 1090. The average molecular weight is 456 g/mol. The van der Waals surface area contributed by atoms with Gasteiger partial charge in [-0.05, 0) is 31.0 Å². The first-order chi connectivity index (χ1) is 15.1. The van der Waals surface area contributed by atoms with Gasteiger partial charge >= 0.3 is 12.4 Å². The van der Waals surface area contributed by atoms with Crippen molar-refractivity contribution < 1.29 is 26.3 Å². The third kappa shape index (κ3) is 4.68. The Hall–Kier alpha value is -3.18. The monoisotopic (exact) mass is 456 g/mol. The summed E-state index contributed by atoms with van der Waals surface area (Å²) >= 11 is 0. The molecule has 1 aliphatic heterocycles. The highest BCUT2D eigenvalue weighted by Gasteiger charge is 2.41. The predicted molar refractivity (Wildman–Crippen MR) is 105 cm³/mol. The molecule has 0 aromatic carbocycles. The van der Waals surface area contributed by atoms with Crippen molar-refractivity contribution in [3.05, 3.63) is 47.9 Å². The number of anilines is 2. The van der Waals surface area contributed by atoms with E-state index in [1.54, 1.807) is 17.0 Å². The van der Waals surface area contributed by atoms with E-state index in [2.05, 4.69) is 25.3 Å². The number of hydrogen-bond donors (Lipinski definition) is 1. The van der Waals surface area contributed by atoms with Gasteiger partial charge in [0.15, 0.2) is 5.65 Å². The van der Waals surface area contributed by atoms with Gasteiger partial charge in [0.1, 0.15) is 11.5 Å². The number of fused-ring (bicyclic) bond motifs is 1. The van der Waals surface area contributed by atoms with Crippen molar-refractivity contribution >= 4 is 22.8 Å². The number of nitrogens with one attached hydrogen (secondary N) is 1. The van der Waals surface area contributed by atoms with Crippen LogP contribution < -0.4 is 10.2 Å². The average Bonchev–Trinajstić information content (AvgIpc) is 2.76. The van der Waals surface area contributed by atoms with E-state index in [-0.39, 0.29) is 49.8 Å². The van der Waals surface area contributed by atoms with Gasteiger partial charge in [0.05, 0.1) is 11.3 Å². The molecule has 6 nitrogen and oxygen atoms in total. The molecule has 0 unspecified atom stereocenters. The van der Waals surface area contributed by atoms with Gasteiger partial charge in [-0.15, -0.1) is 0 Å². The molecule has 170 valence electrons. The van der Waals surface area contributed by atoms with Crippen LogP contribution in [0, 0.1) is 5.92 Å². The molecule has 1 aliphatic rings. The fourth-order valence-corrected chi connectivity index (χ4v) is 3.65. The predicted octanol–water partition coefficient (Wildman–Crippen LogP) is 4.83. The first-order valence-electron chi connectivity index (χ1n) is 9.82. The lowest BCUT2D eigenvalue weighted by Crippen LogP contribution is -2.39. The van der Waals surface area contributed by atoms with Crippen LogP contribution >= 0.6 is 0 Å². The fraction of sp³-hybridized carbons (Fsp3) is 0.400. The van der Waals surface area contributed by atoms with Crippen LogP contribution in [0.25, 0.3) is 11.0 Å². The zero-order valence-corrected chi connectivity index (χ0v) is 16.6. The van der Waals surface area contributed by atoms with Gasteiger partial charge in [0, 0.05) is 37.6 Å². The normalized spacial score (nSPS) is 15.9. The third-order valence-electron chi connectivity index (χ3n) is 5.31. The zero-order chi connectivity index (χ0) is 22.9. The summed E-state index contributed by atoms with van der Waals surface area (Å²) in [5.41, 5.74) is -0.776. The van der Waals surface area contributed by atoms with Gasteiger partial charge in [-0.3, -0.25) is 4.98 Å². The molecule has 0 atom stereocenters. The lowest BCUT2D eigenvalue weighted by atomic mass is 9.96. The number of aromatic nitrogens is 4. The molecule has 0 aliphatic carbocycles. The quantitative estimate of drug-likeness (QED) is 0.568. The number of alkyl halides is 6. The molecule has 1 saturated heterocycles. The molecule has 32 heavy (non-hydrogen) atoms. The fourth-order valence-electron chi connectivity index (χ4n) is 3.65. The van der Waals surface area contributed by atoms with Crippen LogP contribution in [0.4, 0.5) is 38.1 Å². The number of piperidine rings is 1. The van der Waals surface area contributed by atoms with E-state index in [0.29, 0.717) is 11.0 Å². The van der Waals surface area contributed by atoms with Crippen LogP contribution in [-0.2, 0) is 12.7 Å². The summed E-state index contributed by atoms with van der Waals surface area (Å²) in [7, 11) is 0. The Kier molecular flexibility index (Phi) is 5.78. The van der Waals surface area contributed by atoms with Gasteiger partial charge in [-0.2, -0.15) is 36.3 Å². The molecule has 1 fully saturated rings. The highest BCUT2D eigenvalue weighted by Crippen LogP contribution is 2.35. The maximum absolute atomic E-state index is 13.2. The van der Waals surface area contributed by atoms with Crippen LogP contribution in [0.5, 0.6) is 0 Å². The van der Waals surface area contributed by atoms with Crippen molar-refractivity contribution in [3.63, 3.8) is 0 Å². The SMILES string of the molecule is FC(F)(F)c1ncccc1CNc1nc(N2CCC(C(F)(F)F)CC2)nc2ncccc12. The van der Waals surface area contributed by atoms with E-state index in [0.717, 1.165) is 6.20 Å². The van der Waals surface area contributed by atoms with Gasteiger partial charge in [-0.1, -0.05) is 6.07 Å². The smallest absolute Gasteiger partial charge is 0.365 e. The standard InChI is InChI=1S/C20H18F6N6/c21-19(22,23)13-5-9-32(10-6-13)18-30-16-14(4-2-8-28-16)17(31-18)29-11-12-3-1-7-27-15(12)20(24,25)26/h1-4,7-8,13H,5-6,9-11H2,(H,28,29,30,31). The first-order valence-corrected chi connectivity index (χ1v) is 9.82. The minimum atomic E-state index is -4.61. The Morgan fingerprint density at radius 3 is 2.31 bits per heavy atom. The highest BCUT2D eigenvalue weighted by molar-refractivity contribution is 5.87. The van der Waals surface area contributed by atoms with Crippen molar-refractivity contribution in [1.82, 2.24) is 19.9 Å². The second kappa shape index (κ2) is 8.40. The molecule has 4 rings (SSSR count). The molecule has 0 spiro atoms. The maximum atomic E-state index is 13.2. The van der Waals surface area contributed by atoms with Gasteiger partial charge in [-0.25, -0.2) is 4.98 Å². The molecule has 0 amide bonds. The summed E-state index contributed by atoms with van der Waals surface area (Å²) in [6, 6.07) is 6.02. The summed E-state index contributed by atoms with van der Waals surface area (Å²) in [5, 5.41) is 3.38. The van der Waals surface area contributed by atoms with Crippen molar-refractivity contribution in [2.75, 3.05) is 23.3 Å². The zero-order valence-electron chi connectivity index (χ0n) is 16.6. The minimum Gasteiger partial charge on any atom is -0.365 e. The molecule has 1 N–H and O–H groups in total. The summed E-state index contributed by atoms with van der Waals surface area (Å²) in [6.45, 7) is 0.0187. The van der Waals surface area contributed by atoms with Crippen molar-refractivity contribution in [2.45, 2.75) is 31.7 Å². The molecule has 0 bridgehead atoms. The number of hydrogen-bond acceptors (Lipinski definition) is 6. The summed E-state index contributed by atoms with van der Waals surface area (Å²) < 4.78 is 78.6. The van der Waals surface area contributed by atoms with E-state index < -0.39 is 24.0 Å². The molecule has 0 saturated carbocycles. The summed E-state index contributed by atoms with van der Waals surface area (Å²) in [5.74, 6) is -0.948. The Balaban J connectivity index is 1.60. The van der Waals surface area contributed by atoms with Crippen molar-refractivity contribution in [1.29, 1.82) is 0 Å². The topological polar surface area (TPSA) is 66.8 Å². The number of nitrogens with zero attached hydrogens (tertiary/aromatic N) is 5. The largest absolute Gasteiger partial charge is 0.433 e. The Labute approximate surface area is 178 Å². The Morgan fingerprint density at radius 2 is 1.62 bits per heavy atom. The first kappa shape index (κ1) is 22.0. The van der Waals surface area contributed by atoms with E-state index >= 15 is 0 Å². The van der Waals surface area contributed by atoms with Gasteiger partial charge < -0.3 is 10.2 Å². The second-order valence-corrected chi connectivity index (χ2v) is 7.41. The van der Waals surface area contributed by atoms with Crippen LogP contribution in [0.15, 0.2) is 36.7 Å². The molecular weight excluding hydrogens is 438 g/mol. The van der Waals surface area contributed by atoms with Crippen molar-refractivity contribution in [2.24, 2.45) is 5.92 Å². The van der Waals surface area contributed by atoms with Crippen LogP contribution in [0.3, 0.4) is 0 Å². The molecule has 4 heterocycles. The molecule has 3 aromatic heterocycles. The second-order valence-electron chi connectivity index (χ2n) is 7.41. The lowest BCUT2D eigenvalue weighted by Gasteiger charge is -2.33. The van der Waals surface area contributed by atoms with E-state index in [9.17, 15) is 26.3 Å². The van der Waals surface area contributed by atoms with E-state index in [4.69, 9.17) is 0 Å². The van der Waals surface area contributed by atoms with Gasteiger partial charge in [0.25, 0.3) is 0 Å². The van der Waals surface area contributed by atoms with Crippen molar-refractivity contribution in [3.8, 4) is 0 Å². The van der Waals surface area contributed by atoms with E-state index in [1.807, 2.05) is 0 Å². The number of rotatable bonds is 4. The van der Waals surface area contributed by atoms with E-state index in [1.165, 1.54) is 18.3 Å². The molecule has 0 radical (unpaired) electrons. The molecular formula is C20H18F6N6. The molecule has 3 aromatic rings. The summed E-state index contributed by atoms with van der Waals surface area (Å²) in [6.07, 6.45) is -6.45. The minimum absolute atomic E-state index is 0.0665. The van der Waals surface area contributed by atoms with Crippen LogP contribution in [0.1, 0.15) is 24.1 Å². The molecule has 12 heteroatoms. The number of halogens is 6. The third-order valence-corrected chi connectivity index (χ3v) is 5.31.